The fraction of sp³-hybridized carbons (Fsp3) is 0.429. The molecule has 9 heteroatoms. The molecule has 2 aliphatic heterocycles. The van der Waals surface area contributed by atoms with Crippen LogP contribution in [0.1, 0.15) is 20.7 Å². The molecule has 23 heavy (non-hydrogen) atoms. The fourth-order valence-corrected chi connectivity index (χ4v) is 3.60. The van der Waals surface area contributed by atoms with Gasteiger partial charge in [-0.25, -0.2) is 4.31 Å². The molecule has 0 aliphatic carbocycles. The molecule has 0 radical (unpaired) electrons. The molecule has 2 amide bonds. The molecule has 2 heterocycles. The van der Waals surface area contributed by atoms with E-state index >= 15 is 0 Å². The average Bonchev–Trinajstić information content (AvgIpc) is 2.80. The number of hydrogen-bond acceptors (Lipinski definition) is 8. The molecule has 3 rings (SSSR count). The molecular formula is C14H15NO7S. The van der Waals surface area contributed by atoms with Crippen LogP contribution in [0.3, 0.4) is 0 Å². The van der Waals surface area contributed by atoms with Gasteiger partial charge in [-0.05, 0) is 24.1 Å². The first-order chi connectivity index (χ1) is 11.0. The number of amides is 2. The van der Waals surface area contributed by atoms with Crippen molar-refractivity contribution in [2.45, 2.75) is 29.9 Å². The highest BCUT2D eigenvalue weighted by atomic mass is 32.2. The van der Waals surface area contributed by atoms with E-state index in [9.17, 15) is 24.9 Å². The molecular weight excluding hydrogens is 326 g/mol. The molecule has 0 spiro atoms. The highest BCUT2D eigenvalue weighted by molar-refractivity contribution is 7.98. The zero-order chi connectivity index (χ0) is 16.7. The van der Waals surface area contributed by atoms with Crippen LogP contribution in [-0.4, -0.2) is 73.0 Å². The van der Waals surface area contributed by atoms with Crippen molar-refractivity contribution in [1.82, 2.24) is 4.31 Å². The minimum Gasteiger partial charge on any atom is -0.394 e. The highest BCUT2D eigenvalue weighted by Gasteiger charge is 2.47. The summed E-state index contributed by atoms with van der Waals surface area (Å²) in [5.41, 5.74) is -0.697. The van der Waals surface area contributed by atoms with Gasteiger partial charge in [0.15, 0.2) is 5.44 Å². The van der Waals surface area contributed by atoms with Crippen LogP contribution < -0.4 is 0 Å². The number of carbonyl (C=O) groups excluding carboxylic acids is 2. The van der Waals surface area contributed by atoms with Gasteiger partial charge in [0.25, 0.3) is 11.8 Å². The number of benzene rings is 1. The number of imide groups is 1. The summed E-state index contributed by atoms with van der Waals surface area (Å²) in [5.74, 6) is -1.10. The fourth-order valence-electron chi connectivity index (χ4n) is 2.52. The van der Waals surface area contributed by atoms with Crippen LogP contribution in [0.25, 0.3) is 0 Å². The standard InChI is InChI=1S/C14H15NO7S/c16-5-8-9(17)10(18)11(19)14(22-8)23-15-12(20)6-3-1-2-4-7(6)13(15)21/h1-4,8-11,14,16-19H,5H2/t8-,9-,10+,11-,14?/m1/s1. The van der Waals surface area contributed by atoms with Gasteiger partial charge in [0.1, 0.15) is 24.4 Å². The Hall–Kier alpha value is -1.49. The van der Waals surface area contributed by atoms with Gasteiger partial charge in [-0.15, -0.1) is 0 Å². The van der Waals surface area contributed by atoms with Crippen molar-refractivity contribution in [2.24, 2.45) is 0 Å². The first-order valence-electron chi connectivity index (χ1n) is 6.90. The van der Waals surface area contributed by atoms with E-state index < -0.39 is 48.3 Å². The van der Waals surface area contributed by atoms with E-state index in [0.717, 1.165) is 4.31 Å². The zero-order valence-electron chi connectivity index (χ0n) is 11.8. The summed E-state index contributed by atoms with van der Waals surface area (Å²) in [4.78, 5) is 24.5. The van der Waals surface area contributed by atoms with Gasteiger partial charge in [0.05, 0.1) is 17.7 Å². The number of hydrogen-bond donors (Lipinski definition) is 4. The maximum atomic E-state index is 12.3. The second kappa shape index (κ2) is 6.19. The second-order valence-electron chi connectivity index (χ2n) is 5.25. The normalized spacial score (nSPS) is 33.9. The molecule has 1 aromatic rings. The third-order valence-corrected chi connectivity index (χ3v) is 4.95. The molecule has 0 saturated carbocycles. The summed E-state index contributed by atoms with van der Waals surface area (Å²) in [7, 11) is 0. The van der Waals surface area contributed by atoms with Crippen LogP contribution >= 0.6 is 11.9 Å². The maximum absolute atomic E-state index is 12.3. The summed E-state index contributed by atoms with van der Waals surface area (Å²) in [6.07, 6.45) is -5.68. The zero-order valence-corrected chi connectivity index (χ0v) is 12.6. The van der Waals surface area contributed by atoms with Crippen molar-refractivity contribution >= 4 is 23.8 Å². The van der Waals surface area contributed by atoms with E-state index in [1.165, 1.54) is 12.1 Å². The van der Waals surface area contributed by atoms with E-state index in [2.05, 4.69) is 0 Å². The predicted molar refractivity (Wildman–Crippen MR) is 78.3 cm³/mol. The SMILES string of the molecule is O=C1c2ccccc2C(=O)N1SC1O[C@H](CO)[C@@H](O)[C@H](O)[C@H]1O. The van der Waals surface area contributed by atoms with Gasteiger partial charge in [-0.1, -0.05) is 12.1 Å². The third-order valence-electron chi connectivity index (χ3n) is 3.81. The lowest BCUT2D eigenvalue weighted by molar-refractivity contribution is -0.206. The van der Waals surface area contributed by atoms with E-state index in [1.807, 2.05) is 0 Å². The van der Waals surface area contributed by atoms with Gasteiger partial charge in [-0.2, -0.15) is 0 Å². The summed E-state index contributed by atoms with van der Waals surface area (Å²) in [6.45, 7) is -0.579. The Labute approximate surface area is 135 Å². The van der Waals surface area contributed by atoms with Crippen LogP contribution in [-0.2, 0) is 4.74 Å². The molecule has 1 unspecified atom stereocenters. The summed E-state index contributed by atoms with van der Waals surface area (Å²) in [5, 5.41) is 38.6. The summed E-state index contributed by atoms with van der Waals surface area (Å²) < 4.78 is 6.14. The van der Waals surface area contributed by atoms with E-state index in [-0.39, 0.29) is 11.1 Å². The number of nitrogens with zero attached hydrogens (tertiary/aromatic N) is 1. The van der Waals surface area contributed by atoms with Gasteiger partial charge >= 0.3 is 0 Å². The Morgan fingerprint density at radius 3 is 2.09 bits per heavy atom. The monoisotopic (exact) mass is 341 g/mol. The van der Waals surface area contributed by atoms with Gasteiger partial charge in [0.2, 0.25) is 0 Å². The molecule has 0 aromatic heterocycles. The molecule has 4 N–H and O–H groups in total. The van der Waals surface area contributed by atoms with Crippen molar-refractivity contribution < 1.29 is 34.8 Å². The largest absolute Gasteiger partial charge is 0.394 e. The molecule has 5 atom stereocenters. The molecule has 1 aromatic carbocycles. The number of aliphatic hydroxyl groups is 4. The van der Waals surface area contributed by atoms with E-state index in [0.29, 0.717) is 11.9 Å². The van der Waals surface area contributed by atoms with Crippen LogP contribution in [0.5, 0.6) is 0 Å². The summed E-state index contributed by atoms with van der Waals surface area (Å²) in [6, 6.07) is 6.30. The van der Waals surface area contributed by atoms with Crippen LogP contribution in [0.4, 0.5) is 0 Å². The Morgan fingerprint density at radius 2 is 1.57 bits per heavy atom. The first-order valence-corrected chi connectivity index (χ1v) is 7.74. The second-order valence-corrected chi connectivity index (χ2v) is 6.29. The van der Waals surface area contributed by atoms with Gasteiger partial charge in [-0.3, -0.25) is 9.59 Å². The Bertz CT molecular complexity index is 602. The molecule has 2 aliphatic rings. The topological polar surface area (TPSA) is 128 Å². The van der Waals surface area contributed by atoms with Crippen molar-refractivity contribution in [3.05, 3.63) is 35.4 Å². The van der Waals surface area contributed by atoms with Gasteiger partial charge < -0.3 is 25.2 Å². The van der Waals surface area contributed by atoms with Crippen LogP contribution in [0.2, 0.25) is 0 Å². The molecule has 1 saturated heterocycles. The number of ether oxygens (including phenoxy) is 1. The Morgan fingerprint density at radius 1 is 1.00 bits per heavy atom. The van der Waals surface area contributed by atoms with Crippen molar-refractivity contribution in [3.63, 3.8) is 0 Å². The van der Waals surface area contributed by atoms with E-state index in [1.54, 1.807) is 12.1 Å². The quantitative estimate of drug-likeness (QED) is 0.396. The van der Waals surface area contributed by atoms with Crippen molar-refractivity contribution in [2.75, 3.05) is 6.61 Å². The average molecular weight is 341 g/mol. The molecule has 8 nitrogen and oxygen atoms in total. The van der Waals surface area contributed by atoms with Crippen molar-refractivity contribution in [1.29, 1.82) is 0 Å². The molecule has 124 valence electrons. The highest BCUT2D eigenvalue weighted by Crippen LogP contribution is 2.35. The minimum atomic E-state index is -1.56. The summed E-state index contributed by atoms with van der Waals surface area (Å²) >= 11 is 0.614. The minimum absolute atomic E-state index is 0.245. The predicted octanol–water partition coefficient (Wildman–Crippen LogP) is -1.27. The maximum Gasteiger partial charge on any atom is 0.271 e. The number of aliphatic hydroxyl groups excluding tert-OH is 4. The number of fused-ring (bicyclic) bond motifs is 1. The van der Waals surface area contributed by atoms with Crippen molar-refractivity contribution in [3.8, 4) is 0 Å². The first kappa shape index (κ1) is 16.4. The smallest absolute Gasteiger partial charge is 0.271 e. The Kier molecular flexibility index (Phi) is 4.41. The van der Waals surface area contributed by atoms with Crippen LogP contribution in [0.15, 0.2) is 24.3 Å². The number of rotatable bonds is 3. The lowest BCUT2D eigenvalue weighted by Gasteiger charge is -2.40. The lowest BCUT2D eigenvalue weighted by atomic mass is 10.0. The van der Waals surface area contributed by atoms with E-state index in [4.69, 9.17) is 9.84 Å². The Balaban J connectivity index is 1.80. The third kappa shape index (κ3) is 2.65. The molecule has 0 bridgehead atoms. The van der Waals surface area contributed by atoms with Gasteiger partial charge in [0, 0.05) is 0 Å². The lowest BCUT2D eigenvalue weighted by Crippen LogP contribution is -2.58. The van der Waals surface area contributed by atoms with Crippen LogP contribution in [0, 0.1) is 0 Å². The molecule has 1 fully saturated rings. The number of carbonyl (C=O) groups is 2.